The largest absolute Gasteiger partial charge is 0.455 e. The lowest BCUT2D eigenvalue weighted by Crippen LogP contribution is -2.02. The predicted molar refractivity (Wildman–Crippen MR) is 387 cm³/mol. The van der Waals surface area contributed by atoms with E-state index in [-0.39, 0.29) is 0 Å². The molecule has 17 rings (SSSR count). The SMILES string of the molecule is N#Cc1cc(C#N)cc(-c2ccc3c(oc4ccccc43)c2-c2nc(-c3ccccc3)nc(-c3cccc(-c4ccc(-c5cc(-c6ccc(-c7ccccc7C#N)cc6)c(-c6nc(-c7ccccc7)nc(-c7cccc(-c8ccccc8)c7)n6)c6oc7ccccc7c56)cc4)c3)n2)c1. The van der Waals surface area contributed by atoms with E-state index in [1.165, 1.54) is 0 Å². The molecule has 98 heavy (non-hydrogen) atoms. The first-order valence-electron chi connectivity index (χ1n) is 31.9. The van der Waals surface area contributed by atoms with E-state index in [1.807, 2.05) is 182 Å². The normalized spacial score (nSPS) is 11.2. The average molecular weight is 1250 g/mol. The quantitative estimate of drug-likeness (QED) is 0.114. The summed E-state index contributed by atoms with van der Waals surface area (Å²) in [6.45, 7) is 0. The molecule has 0 N–H and O–H groups in total. The molecule has 13 aromatic carbocycles. The molecule has 0 unspecified atom stereocenters. The highest BCUT2D eigenvalue weighted by Crippen LogP contribution is 2.48. The van der Waals surface area contributed by atoms with Crippen molar-refractivity contribution in [1.82, 2.24) is 29.9 Å². The molecule has 11 nitrogen and oxygen atoms in total. The summed E-state index contributed by atoms with van der Waals surface area (Å²) in [5.74, 6) is 2.69. The molecule has 0 atom stereocenters. The Morgan fingerprint density at radius 2 is 0.653 bits per heavy atom. The van der Waals surface area contributed by atoms with Gasteiger partial charge in [-0.1, -0.05) is 237 Å². The van der Waals surface area contributed by atoms with E-state index in [9.17, 15) is 15.8 Å². The van der Waals surface area contributed by atoms with Crippen molar-refractivity contribution in [2.24, 2.45) is 0 Å². The maximum atomic E-state index is 10.2. The Balaban J connectivity index is 0.828. The van der Waals surface area contributed by atoms with Gasteiger partial charge in [0.1, 0.15) is 22.3 Å². The molecule has 4 aromatic heterocycles. The van der Waals surface area contributed by atoms with Gasteiger partial charge in [-0.05, 0) is 127 Å². The number of nitrogens with zero attached hydrogens (tertiary/aromatic N) is 9. The van der Waals surface area contributed by atoms with Crippen LogP contribution in [-0.2, 0) is 0 Å². The lowest BCUT2D eigenvalue weighted by molar-refractivity contribution is 0.669. The molecule has 4 heterocycles. The van der Waals surface area contributed by atoms with Crippen LogP contribution in [0.2, 0.25) is 0 Å². The van der Waals surface area contributed by atoms with Crippen molar-refractivity contribution in [2.75, 3.05) is 0 Å². The third-order valence-corrected chi connectivity index (χ3v) is 17.9. The van der Waals surface area contributed by atoms with Gasteiger partial charge in [-0.15, -0.1) is 0 Å². The van der Waals surface area contributed by atoms with Crippen molar-refractivity contribution in [1.29, 1.82) is 15.8 Å². The number of hydrogen-bond acceptors (Lipinski definition) is 11. The first-order chi connectivity index (χ1) is 48.4. The zero-order chi connectivity index (χ0) is 65.6. The fourth-order valence-electron chi connectivity index (χ4n) is 13.2. The molecular weight excluding hydrogens is 1200 g/mol. The fourth-order valence-corrected chi connectivity index (χ4v) is 13.2. The summed E-state index contributed by atoms with van der Waals surface area (Å²) < 4.78 is 13.9. The third kappa shape index (κ3) is 10.5. The third-order valence-electron chi connectivity index (χ3n) is 17.9. The molecule has 0 saturated heterocycles. The second-order valence-electron chi connectivity index (χ2n) is 23.8. The highest BCUT2D eigenvalue weighted by Gasteiger charge is 2.27. The molecular formula is C87H49N9O2. The zero-order valence-corrected chi connectivity index (χ0v) is 52.1. The number of fused-ring (bicyclic) bond motifs is 6. The minimum Gasteiger partial charge on any atom is -0.455 e. The Morgan fingerprint density at radius 3 is 1.22 bits per heavy atom. The van der Waals surface area contributed by atoms with E-state index < -0.39 is 0 Å². The van der Waals surface area contributed by atoms with Crippen LogP contribution < -0.4 is 0 Å². The van der Waals surface area contributed by atoms with E-state index in [0.717, 1.165) is 99.4 Å². The fraction of sp³-hybridized carbons (Fsp3) is 0. The average Bonchev–Trinajstić information content (AvgIpc) is 1.52. The van der Waals surface area contributed by atoms with E-state index >= 15 is 0 Å². The van der Waals surface area contributed by atoms with Gasteiger partial charge in [0.15, 0.2) is 34.9 Å². The Labute approximate surface area is 562 Å². The number of nitriles is 3. The molecule has 0 amide bonds. The van der Waals surface area contributed by atoms with Gasteiger partial charge in [-0.3, -0.25) is 0 Å². The van der Waals surface area contributed by atoms with Crippen molar-refractivity contribution in [3.8, 4) is 153 Å². The summed E-state index contributed by atoms with van der Waals surface area (Å²) in [4.78, 5) is 31.8. The molecule has 0 saturated carbocycles. The Bertz CT molecular complexity index is 6110. The van der Waals surface area contributed by atoms with Crippen LogP contribution >= 0.6 is 0 Å². The van der Waals surface area contributed by atoms with E-state index in [1.54, 1.807) is 18.2 Å². The lowest BCUT2D eigenvalue weighted by atomic mass is 9.88. The van der Waals surface area contributed by atoms with Gasteiger partial charge in [0.05, 0.1) is 46.0 Å². The number of para-hydroxylation sites is 2. The first kappa shape index (κ1) is 57.8. The standard InChI is InChI=1S/C87H49N9O2/c88-50-53-44-54(51-89)46-67(45-53)69-42-43-71-70-30-12-14-32-75(70)97-80(71)78(69)86-93-82(60-20-6-2-7-21-60)91-84(95-86)65-28-17-26-63(48-65)56-34-36-58(37-35-56)73-49-74(59-40-38-57(39-41-59)68-29-11-10-24-66(68)52-90)79(81-77(73)72-31-13-15-33-76(72)98-81)87-94-83(61-22-8-3-9-23-61)92-85(96-87)64-27-16-25-62(47-64)55-18-4-1-5-19-55/h1-49H. The monoisotopic (exact) mass is 1250 g/mol. The number of benzene rings is 13. The maximum absolute atomic E-state index is 10.2. The van der Waals surface area contributed by atoms with Crippen LogP contribution in [0.4, 0.5) is 0 Å². The van der Waals surface area contributed by atoms with Crippen molar-refractivity contribution in [3.63, 3.8) is 0 Å². The van der Waals surface area contributed by atoms with Crippen molar-refractivity contribution >= 4 is 43.9 Å². The molecule has 0 aliphatic heterocycles. The van der Waals surface area contributed by atoms with Crippen LogP contribution in [0, 0.1) is 34.0 Å². The van der Waals surface area contributed by atoms with Crippen LogP contribution in [0.3, 0.4) is 0 Å². The van der Waals surface area contributed by atoms with Crippen LogP contribution in [0.15, 0.2) is 306 Å². The lowest BCUT2D eigenvalue weighted by Gasteiger charge is -2.16. The molecule has 17 aromatic rings. The second kappa shape index (κ2) is 24.4. The number of aromatic nitrogens is 6. The first-order valence-corrected chi connectivity index (χ1v) is 31.9. The summed E-state index contributed by atoms with van der Waals surface area (Å²) in [7, 11) is 0. The number of furan rings is 2. The van der Waals surface area contributed by atoms with Gasteiger partial charge in [0.2, 0.25) is 0 Å². The predicted octanol–water partition coefficient (Wildman–Crippen LogP) is 21.5. The Morgan fingerprint density at radius 1 is 0.235 bits per heavy atom. The van der Waals surface area contributed by atoms with Crippen LogP contribution in [0.25, 0.3) is 179 Å². The van der Waals surface area contributed by atoms with Crippen molar-refractivity contribution < 1.29 is 8.83 Å². The topological polar surface area (TPSA) is 175 Å². The highest BCUT2D eigenvalue weighted by molar-refractivity contribution is 6.19. The van der Waals surface area contributed by atoms with Crippen molar-refractivity contribution in [2.45, 2.75) is 0 Å². The van der Waals surface area contributed by atoms with Gasteiger partial charge < -0.3 is 8.83 Å². The van der Waals surface area contributed by atoms with Gasteiger partial charge in [-0.2, -0.15) is 15.8 Å². The molecule has 0 aliphatic rings. The van der Waals surface area contributed by atoms with Gasteiger partial charge in [-0.25, -0.2) is 29.9 Å². The molecule has 11 heteroatoms. The summed E-state index contributed by atoms with van der Waals surface area (Å²) >= 11 is 0. The zero-order valence-electron chi connectivity index (χ0n) is 52.1. The Kier molecular flexibility index (Phi) is 14.4. The number of hydrogen-bond donors (Lipinski definition) is 0. The highest BCUT2D eigenvalue weighted by atomic mass is 16.3. The van der Waals surface area contributed by atoms with Crippen LogP contribution in [0.1, 0.15) is 16.7 Å². The number of rotatable bonds is 12. The van der Waals surface area contributed by atoms with Crippen LogP contribution in [-0.4, -0.2) is 29.9 Å². The summed E-state index contributed by atoms with van der Waals surface area (Å²) in [5, 5.41) is 34.1. The molecule has 0 radical (unpaired) electrons. The van der Waals surface area contributed by atoms with Gasteiger partial charge in [0, 0.05) is 43.8 Å². The summed E-state index contributed by atoms with van der Waals surface area (Å²) in [6, 6.07) is 105. The van der Waals surface area contributed by atoms with E-state index in [4.69, 9.17) is 38.7 Å². The van der Waals surface area contributed by atoms with Crippen molar-refractivity contribution in [3.05, 3.63) is 314 Å². The van der Waals surface area contributed by atoms with Crippen LogP contribution in [0.5, 0.6) is 0 Å². The summed E-state index contributed by atoms with van der Waals surface area (Å²) in [6.07, 6.45) is 0. The molecule has 0 bridgehead atoms. The van der Waals surface area contributed by atoms with Gasteiger partial charge in [0.25, 0.3) is 0 Å². The molecule has 0 fully saturated rings. The minimum atomic E-state index is 0.346. The van der Waals surface area contributed by atoms with E-state index in [2.05, 4.69) is 115 Å². The molecule has 454 valence electrons. The smallest absolute Gasteiger partial charge is 0.168 e. The van der Waals surface area contributed by atoms with Gasteiger partial charge >= 0.3 is 0 Å². The second-order valence-corrected chi connectivity index (χ2v) is 23.8. The Hall–Kier alpha value is -14.1. The summed E-state index contributed by atoms with van der Waals surface area (Å²) in [5.41, 5.74) is 19.0. The molecule has 0 aliphatic carbocycles. The van der Waals surface area contributed by atoms with E-state index in [0.29, 0.717) is 96.2 Å². The molecule has 0 spiro atoms. The minimum absolute atomic E-state index is 0.346. The maximum Gasteiger partial charge on any atom is 0.168 e.